The van der Waals surface area contributed by atoms with E-state index in [9.17, 15) is 14.0 Å². The highest BCUT2D eigenvalue weighted by molar-refractivity contribution is 9.10. The van der Waals surface area contributed by atoms with Crippen LogP contribution in [0.1, 0.15) is 26.7 Å². The Morgan fingerprint density at radius 1 is 1.37 bits per heavy atom. The molecule has 0 aliphatic heterocycles. The molecule has 2 N–H and O–H groups in total. The molecule has 0 radical (unpaired) electrons. The Kier molecular flexibility index (Phi) is 5.05. The summed E-state index contributed by atoms with van der Waals surface area (Å²) in [5, 5.41) is 11.4. The monoisotopic (exact) mass is 331 g/mol. The van der Waals surface area contributed by atoms with Crippen LogP contribution in [0.25, 0.3) is 0 Å². The van der Waals surface area contributed by atoms with Gasteiger partial charge >= 0.3 is 5.97 Å². The Labute approximate surface area is 119 Å². The Bertz CT molecular complexity index is 503. The van der Waals surface area contributed by atoms with Gasteiger partial charge < -0.3 is 10.4 Å². The highest BCUT2D eigenvalue weighted by Crippen LogP contribution is 2.27. The molecule has 4 nitrogen and oxygen atoms in total. The van der Waals surface area contributed by atoms with Crippen LogP contribution >= 0.6 is 15.9 Å². The molecule has 104 valence electrons. The Hall–Kier alpha value is -1.43. The summed E-state index contributed by atoms with van der Waals surface area (Å²) in [6, 6.07) is 3.93. The van der Waals surface area contributed by atoms with Crippen LogP contribution in [0, 0.1) is 11.2 Å². The first-order valence-corrected chi connectivity index (χ1v) is 6.46. The molecule has 0 atom stereocenters. The van der Waals surface area contributed by atoms with Gasteiger partial charge in [0.25, 0.3) is 0 Å². The van der Waals surface area contributed by atoms with E-state index in [-0.39, 0.29) is 18.7 Å². The fourth-order valence-corrected chi connectivity index (χ4v) is 2.14. The number of amides is 1. The van der Waals surface area contributed by atoms with E-state index in [0.29, 0.717) is 10.2 Å². The van der Waals surface area contributed by atoms with Gasteiger partial charge in [-0.25, -0.2) is 4.39 Å². The molecule has 19 heavy (non-hydrogen) atoms. The van der Waals surface area contributed by atoms with Gasteiger partial charge in [-0.2, -0.15) is 0 Å². The number of nitrogens with one attached hydrogen (secondary N) is 1. The second-order valence-electron chi connectivity index (χ2n) is 5.08. The first kappa shape index (κ1) is 15.6. The van der Waals surface area contributed by atoms with Gasteiger partial charge in [0.15, 0.2) is 0 Å². The van der Waals surface area contributed by atoms with E-state index in [4.69, 9.17) is 5.11 Å². The third-order valence-corrected chi connectivity index (χ3v) is 3.13. The zero-order chi connectivity index (χ0) is 14.6. The SMILES string of the molecule is CC(C)(CC(=O)O)CC(=O)Nc1ccc(F)cc1Br. The van der Waals surface area contributed by atoms with Crippen molar-refractivity contribution in [2.24, 2.45) is 5.41 Å². The second-order valence-corrected chi connectivity index (χ2v) is 5.94. The number of benzene rings is 1. The minimum absolute atomic E-state index is 0.0725. The summed E-state index contributed by atoms with van der Waals surface area (Å²) in [7, 11) is 0. The largest absolute Gasteiger partial charge is 0.481 e. The quantitative estimate of drug-likeness (QED) is 0.868. The van der Waals surface area contributed by atoms with Crippen molar-refractivity contribution in [1.29, 1.82) is 0 Å². The predicted octanol–water partition coefficient (Wildman–Crippen LogP) is 3.42. The van der Waals surface area contributed by atoms with Gasteiger partial charge in [-0.1, -0.05) is 13.8 Å². The molecule has 0 saturated heterocycles. The average molecular weight is 332 g/mol. The summed E-state index contributed by atoms with van der Waals surface area (Å²) in [6.07, 6.45) is -0.0197. The van der Waals surface area contributed by atoms with Crippen LogP contribution < -0.4 is 5.32 Å². The molecule has 0 fully saturated rings. The lowest BCUT2D eigenvalue weighted by atomic mass is 9.85. The van der Waals surface area contributed by atoms with Crippen LogP contribution in [0.5, 0.6) is 0 Å². The lowest BCUT2D eigenvalue weighted by molar-refractivity contribution is -0.139. The van der Waals surface area contributed by atoms with E-state index < -0.39 is 17.2 Å². The lowest BCUT2D eigenvalue weighted by Crippen LogP contribution is -2.24. The van der Waals surface area contributed by atoms with Gasteiger partial charge in [0.2, 0.25) is 5.91 Å². The fourth-order valence-electron chi connectivity index (χ4n) is 1.69. The highest BCUT2D eigenvalue weighted by Gasteiger charge is 2.25. The molecule has 1 rings (SSSR count). The van der Waals surface area contributed by atoms with E-state index in [1.165, 1.54) is 18.2 Å². The number of rotatable bonds is 5. The number of carboxylic acid groups (broad SMARTS) is 1. The molecule has 6 heteroatoms. The number of carboxylic acids is 1. The molecule has 1 amide bonds. The minimum atomic E-state index is -0.944. The van der Waals surface area contributed by atoms with E-state index >= 15 is 0 Å². The molecule has 0 unspecified atom stereocenters. The van der Waals surface area contributed by atoms with Gasteiger partial charge in [-0.05, 0) is 39.5 Å². The van der Waals surface area contributed by atoms with Gasteiger partial charge in [0, 0.05) is 10.9 Å². The van der Waals surface area contributed by atoms with Gasteiger partial charge in [0.05, 0.1) is 12.1 Å². The lowest BCUT2D eigenvalue weighted by Gasteiger charge is -2.21. The first-order chi connectivity index (χ1) is 8.69. The third-order valence-electron chi connectivity index (χ3n) is 2.47. The summed E-state index contributed by atoms with van der Waals surface area (Å²) in [5.41, 5.74) is -0.180. The molecule has 0 heterocycles. The number of carbonyl (C=O) groups is 2. The number of carbonyl (C=O) groups excluding carboxylic acids is 1. The second kappa shape index (κ2) is 6.14. The number of hydrogen-bond donors (Lipinski definition) is 2. The maximum absolute atomic E-state index is 12.9. The average Bonchev–Trinajstić information content (AvgIpc) is 2.19. The van der Waals surface area contributed by atoms with Crippen molar-refractivity contribution in [2.45, 2.75) is 26.7 Å². The normalized spacial score (nSPS) is 11.2. The van der Waals surface area contributed by atoms with Crippen molar-refractivity contribution in [3.05, 3.63) is 28.5 Å². The zero-order valence-corrected chi connectivity index (χ0v) is 12.3. The van der Waals surface area contributed by atoms with Crippen LogP contribution in [-0.2, 0) is 9.59 Å². The molecule has 0 spiro atoms. The maximum atomic E-state index is 12.9. The number of halogens is 2. The van der Waals surface area contributed by atoms with Crippen molar-refractivity contribution in [1.82, 2.24) is 0 Å². The van der Waals surface area contributed by atoms with E-state index in [0.717, 1.165) is 0 Å². The van der Waals surface area contributed by atoms with Crippen LogP contribution in [0.3, 0.4) is 0 Å². The van der Waals surface area contributed by atoms with Crippen LogP contribution in [0.4, 0.5) is 10.1 Å². The summed E-state index contributed by atoms with van der Waals surface area (Å²) >= 11 is 3.15. The van der Waals surface area contributed by atoms with E-state index in [1.54, 1.807) is 13.8 Å². The van der Waals surface area contributed by atoms with Gasteiger partial charge in [-0.3, -0.25) is 9.59 Å². The molecule has 1 aromatic rings. The maximum Gasteiger partial charge on any atom is 0.303 e. The smallest absolute Gasteiger partial charge is 0.303 e. The molecule has 0 aliphatic carbocycles. The predicted molar refractivity (Wildman–Crippen MR) is 73.4 cm³/mol. The summed E-state index contributed by atoms with van der Waals surface area (Å²) in [4.78, 5) is 22.5. The van der Waals surface area contributed by atoms with Crippen molar-refractivity contribution in [2.75, 3.05) is 5.32 Å². The molecular weight excluding hydrogens is 317 g/mol. The van der Waals surface area contributed by atoms with Crippen molar-refractivity contribution in [3.8, 4) is 0 Å². The number of anilines is 1. The van der Waals surface area contributed by atoms with E-state index in [2.05, 4.69) is 21.2 Å². The fraction of sp³-hybridized carbons (Fsp3) is 0.385. The molecule has 0 saturated carbocycles. The topological polar surface area (TPSA) is 66.4 Å². The van der Waals surface area contributed by atoms with E-state index in [1.807, 2.05) is 0 Å². The Morgan fingerprint density at radius 3 is 2.53 bits per heavy atom. The van der Waals surface area contributed by atoms with Crippen LogP contribution in [0.15, 0.2) is 22.7 Å². The molecule has 0 bridgehead atoms. The summed E-state index contributed by atoms with van der Waals surface area (Å²) in [5.74, 6) is -1.66. The van der Waals surface area contributed by atoms with Crippen molar-refractivity contribution in [3.63, 3.8) is 0 Å². The standard InChI is InChI=1S/C13H15BrFNO3/c1-13(2,7-12(18)19)6-11(17)16-10-4-3-8(15)5-9(10)14/h3-5H,6-7H2,1-2H3,(H,16,17)(H,18,19). The van der Waals surface area contributed by atoms with Crippen LogP contribution in [-0.4, -0.2) is 17.0 Å². The molecule has 0 aliphatic rings. The molecule has 0 aromatic heterocycles. The number of hydrogen-bond acceptors (Lipinski definition) is 2. The minimum Gasteiger partial charge on any atom is -0.481 e. The van der Waals surface area contributed by atoms with Crippen molar-refractivity contribution >= 4 is 33.5 Å². The first-order valence-electron chi connectivity index (χ1n) is 5.66. The molecule has 1 aromatic carbocycles. The van der Waals surface area contributed by atoms with Crippen LogP contribution in [0.2, 0.25) is 0 Å². The Morgan fingerprint density at radius 2 is 2.00 bits per heavy atom. The highest BCUT2D eigenvalue weighted by atomic mass is 79.9. The zero-order valence-electron chi connectivity index (χ0n) is 10.7. The Balaban J connectivity index is 2.67. The van der Waals surface area contributed by atoms with Crippen molar-refractivity contribution < 1.29 is 19.1 Å². The van der Waals surface area contributed by atoms with Gasteiger partial charge in [-0.15, -0.1) is 0 Å². The summed E-state index contributed by atoms with van der Waals surface area (Å²) < 4.78 is 13.3. The number of aliphatic carboxylic acids is 1. The third kappa shape index (κ3) is 5.38. The molecular formula is C13H15BrFNO3. The van der Waals surface area contributed by atoms with Gasteiger partial charge in [0.1, 0.15) is 5.82 Å². The summed E-state index contributed by atoms with van der Waals surface area (Å²) in [6.45, 7) is 3.42.